The molecule has 1 aliphatic heterocycles. The SMILES string of the molecule is C=CC1CCCCN1CCC.Cc1ccccc1N. The second-order valence-corrected chi connectivity index (χ2v) is 5.19. The van der Waals surface area contributed by atoms with Crippen LogP contribution in [0.2, 0.25) is 0 Å². The van der Waals surface area contributed by atoms with E-state index in [4.69, 9.17) is 5.73 Å². The van der Waals surface area contributed by atoms with Crippen molar-refractivity contribution >= 4 is 5.69 Å². The van der Waals surface area contributed by atoms with Crippen molar-refractivity contribution in [3.63, 3.8) is 0 Å². The Bertz CT molecular complexity index is 350. The molecule has 2 rings (SSSR count). The summed E-state index contributed by atoms with van der Waals surface area (Å²) < 4.78 is 0. The van der Waals surface area contributed by atoms with E-state index in [0.717, 1.165) is 11.3 Å². The zero-order valence-corrected chi connectivity index (χ0v) is 12.4. The number of anilines is 1. The molecule has 1 aliphatic rings. The Hall–Kier alpha value is -1.28. The number of aryl methyl sites for hydroxylation is 1. The highest BCUT2D eigenvalue weighted by molar-refractivity contribution is 5.44. The van der Waals surface area contributed by atoms with Crippen molar-refractivity contribution in [3.05, 3.63) is 42.5 Å². The lowest BCUT2D eigenvalue weighted by Crippen LogP contribution is -2.38. The minimum absolute atomic E-state index is 0.670. The van der Waals surface area contributed by atoms with E-state index in [9.17, 15) is 0 Å². The molecular weight excluding hydrogens is 232 g/mol. The zero-order valence-electron chi connectivity index (χ0n) is 12.4. The van der Waals surface area contributed by atoms with E-state index in [1.165, 1.54) is 38.8 Å². The first-order valence-electron chi connectivity index (χ1n) is 7.36. The van der Waals surface area contributed by atoms with Crippen LogP contribution in [0.1, 0.15) is 38.2 Å². The summed E-state index contributed by atoms with van der Waals surface area (Å²) in [5, 5.41) is 0. The molecule has 1 aromatic carbocycles. The zero-order chi connectivity index (χ0) is 14.1. The van der Waals surface area contributed by atoms with Crippen LogP contribution in [0.25, 0.3) is 0 Å². The third-order valence-electron chi connectivity index (χ3n) is 3.64. The first kappa shape index (κ1) is 15.8. The lowest BCUT2D eigenvalue weighted by atomic mass is 10.0. The molecule has 2 heteroatoms. The fourth-order valence-corrected chi connectivity index (χ4v) is 2.44. The summed E-state index contributed by atoms with van der Waals surface area (Å²) in [5.74, 6) is 0. The topological polar surface area (TPSA) is 29.3 Å². The molecule has 0 amide bonds. The third kappa shape index (κ3) is 5.48. The fraction of sp³-hybridized carbons (Fsp3) is 0.529. The van der Waals surface area contributed by atoms with E-state index in [1.54, 1.807) is 0 Å². The van der Waals surface area contributed by atoms with Crippen molar-refractivity contribution < 1.29 is 0 Å². The van der Waals surface area contributed by atoms with E-state index in [0.29, 0.717) is 6.04 Å². The summed E-state index contributed by atoms with van der Waals surface area (Å²) in [6, 6.07) is 8.47. The Morgan fingerprint density at radius 3 is 2.63 bits per heavy atom. The second-order valence-electron chi connectivity index (χ2n) is 5.19. The number of nitrogen functional groups attached to an aromatic ring is 1. The Morgan fingerprint density at radius 1 is 1.37 bits per heavy atom. The molecule has 0 aliphatic carbocycles. The van der Waals surface area contributed by atoms with Crippen LogP contribution in [0.3, 0.4) is 0 Å². The van der Waals surface area contributed by atoms with E-state index in [2.05, 4.69) is 24.5 Å². The van der Waals surface area contributed by atoms with Crippen LogP contribution >= 0.6 is 0 Å². The molecule has 1 heterocycles. The molecule has 2 N–H and O–H groups in total. The molecule has 1 fully saturated rings. The molecule has 1 saturated heterocycles. The lowest BCUT2D eigenvalue weighted by molar-refractivity contribution is 0.180. The van der Waals surface area contributed by atoms with Gasteiger partial charge in [0.05, 0.1) is 0 Å². The van der Waals surface area contributed by atoms with Crippen LogP contribution in [-0.4, -0.2) is 24.0 Å². The quantitative estimate of drug-likeness (QED) is 0.657. The summed E-state index contributed by atoms with van der Waals surface area (Å²) in [5.41, 5.74) is 7.53. The fourth-order valence-electron chi connectivity index (χ4n) is 2.44. The first-order valence-corrected chi connectivity index (χ1v) is 7.36. The number of nitrogens with two attached hydrogens (primary N) is 1. The molecule has 2 nitrogen and oxygen atoms in total. The van der Waals surface area contributed by atoms with E-state index in [-0.39, 0.29) is 0 Å². The summed E-state index contributed by atoms with van der Waals surface area (Å²) >= 11 is 0. The summed E-state index contributed by atoms with van der Waals surface area (Å²) in [4.78, 5) is 2.55. The van der Waals surface area contributed by atoms with E-state index >= 15 is 0 Å². The Morgan fingerprint density at radius 2 is 2.11 bits per heavy atom. The maximum atomic E-state index is 5.52. The molecular formula is C17H28N2. The number of piperidine rings is 1. The van der Waals surface area contributed by atoms with Gasteiger partial charge in [0, 0.05) is 11.7 Å². The van der Waals surface area contributed by atoms with Gasteiger partial charge in [-0.2, -0.15) is 0 Å². The number of hydrogen-bond donors (Lipinski definition) is 1. The van der Waals surface area contributed by atoms with Gasteiger partial charge in [0.2, 0.25) is 0 Å². The highest BCUT2D eigenvalue weighted by atomic mass is 15.2. The molecule has 0 spiro atoms. The van der Waals surface area contributed by atoms with Gasteiger partial charge < -0.3 is 5.73 Å². The molecule has 0 bridgehead atoms. The van der Waals surface area contributed by atoms with Crippen molar-refractivity contribution in [3.8, 4) is 0 Å². The highest BCUT2D eigenvalue weighted by Gasteiger charge is 2.17. The summed E-state index contributed by atoms with van der Waals surface area (Å²) in [7, 11) is 0. The average Bonchev–Trinajstić information content (AvgIpc) is 2.44. The average molecular weight is 260 g/mol. The smallest absolute Gasteiger partial charge is 0.0343 e. The number of para-hydroxylation sites is 1. The normalized spacial score (nSPS) is 19.4. The van der Waals surface area contributed by atoms with Crippen LogP contribution in [0.5, 0.6) is 0 Å². The Kier molecular flexibility index (Phi) is 7.27. The van der Waals surface area contributed by atoms with Gasteiger partial charge in [-0.05, 0) is 50.9 Å². The first-order chi connectivity index (χ1) is 9.19. The molecule has 19 heavy (non-hydrogen) atoms. The van der Waals surface area contributed by atoms with Gasteiger partial charge in [-0.1, -0.05) is 37.6 Å². The van der Waals surface area contributed by atoms with Gasteiger partial charge in [-0.3, -0.25) is 4.90 Å². The largest absolute Gasteiger partial charge is 0.399 e. The lowest BCUT2D eigenvalue weighted by Gasteiger charge is -2.33. The van der Waals surface area contributed by atoms with Gasteiger partial charge >= 0.3 is 0 Å². The minimum atomic E-state index is 0.670. The monoisotopic (exact) mass is 260 g/mol. The van der Waals surface area contributed by atoms with E-state index in [1.807, 2.05) is 31.2 Å². The molecule has 0 saturated carbocycles. The minimum Gasteiger partial charge on any atom is -0.399 e. The van der Waals surface area contributed by atoms with Crippen molar-refractivity contribution in [2.45, 2.75) is 45.6 Å². The number of hydrogen-bond acceptors (Lipinski definition) is 2. The van der Waals surface area contributed by atoms with Gasteiger partial charge in [0.25, 0.3) is 0 Å². The Balaban J connectivity index is 0.000000200. The van der Waals surface area contributed by atoms with Crippen molar-refractivity contribution in [1.29, 1.82) is 0 Å². The predicted octanol–water partition coefficient (Wildman–Crippen LogP) is 4.01. The van der Waals surface area contributed by atoms with Crippen LogP contribution in [0.15, 0.2) is 36.9 Å². The third-order valence-corrected chi connectivity index (χ3v) is 3.64. The second kappa shape index (κ2) is 8.76. The number of rotatable bonds is 3. The maximum Gasteiger partial charge on any atom is 0.0343 e. The van der Waals surface area contributed by atoms with Crippen molar-refractivity contribution in [1.82, 2.24) is 4.90 Å². The van der Waals surface area contributed by atoms with Crippen LogP contribution in [0, 0.1) is 6.92 Å². The van der Waals surface area contributed by atoms with Crippen molar-refractivity contribution in [2.75, 3.05) is 18.8 Å². The molecule has 0 aromatic heterocycles. The van der Waals surface area contributed by atoms with Gasteiger partial charge in [0.15, 0.2) is 0 Å². The van der Waals surface area contributed by atoms with Gasteiger partial charge in [-0.25, -0.2) is 0 Å². The Labute approximate surface area is 118 Å². The maximum absolute atomic E-state index is 5.52. The van der Waals surface area contributed by atoms with Crippen LogP contribution in [-0.2, 0) is 0 Å². The number of benzene rings is 1. The molecule has 0 radical (unpaired) electrons. The standard InChI is InChI=1S/C10H19N.C7H9N/c1-3-8-11-9-6-5-7-10(11)4-2;1-6-4-2-3-5-7(6)8/h4,10H,2-3,5-9H2,1H3;2-5H,8H2,1H3. The predicted molar refractivity (Wildman–Crippen MR) is 85.3 cm³/mol. The van der Waals surface area contributed by atoms with Crippen molar-refractivity contribution in [2.24, 2.45) is 0 Å². The molecule has 106 valence electrons. The molecule has 1 aromatic rings. The summed E-state index contributed by atoms with van der Waals surface area (Å²) in [6.45, 7) is 10.6. The van der Waals surface area contributed by atoms with Gasteiger partial charge in [-0.15, -0.1) is 6.58 Å². The van der Waals surface area contributed by atoms with E-state index < -0.39 is 0 Å². The molecule has 1 atom stereocenters. The number of nitrogens with zero attached hydrogens (tertiary/aromatic N) is 1. The highest BCUT2D eigenvalue weighted by Crippen LogP contribution is 2.17. The number of likely N-dealkylation sites (tertiary alicyclic amines) is 1. The van der Waals surface area contributed by atoms with Gasteiger partial charge in [0.1, 0.15) is 0 Å². The summed E-state index contributed by atoms with van der Waals surface area (Å²) in [6.07, 6.45) is 7.46. The molecule has 1 unspecified atom stereocenters. The van der Waals surface area contributed by atoms with Crippen LogP contribution in [0.4, 0.5) is 5.69 Å². The van der Waals surface area contributed by atoms with Crippen LogP contribution < -0.4 is 5.73 Å².